The molecule has 0 saturated heterocycles. The summed E-state index contributed by atoms with van der Waals surface area (Å²) in [5, 5.41) is 0. The van der Waals surface area contributed by atoms with Gasteiger partial charge in [0.1, 0.15) is 17.3 Å². The van der Waals surface area contributed by atoms with Crippen LogP contribution in [0.3, 0.4) is 0 Å². The van der Waals surface area contributed by atoms with Gasteiger partial charge in [0.2, 0.25) is 0 Å². The first-order valence-corrected chi connectivity index (χ1v) is 6.81. The van der Waals surface area contributed by atoms with Gasteiger partial charge in [0.05, 0.1) is 0 Å². The Labute approximate surface area is 120 Å². The van der Waals surface area contributed by atoms with E-state index in [1.165, 1.54) is 12.1 Å². The van der Waals surface area contributed by atoms with Crippen molar-refractivity contribution in [2.24, 2.45) is 5.73 Å². The van der Waals surface area contributed by atoms with Crippen molar-refractivity contribution < 1.29 is 9.13 Å². The Hall–Kier alpha value is -1.39. The fourth-order valence-corrected chi connectivity index (χ4v) is 2.05. The number of ether oxygens (including phenoxy) is 1. The normalized spacial score (nSPS) is 10.5. The summed E-state index contributed by atoms with van der Waals surface area (Å²) in [4.78, 5) is 0. The van der Waals surface area contributed by atoms with Gasteiger partial charge in [0, 0.05) is 10.5 Å². The third-order valence-corrected chi connectivity index (χ3v) is 3.62. The van der Waals surface area contributed by atoms with Crippen molar-refractivity contribution in [3.63, 3.8) is 0 Å². The van der Waals surface area contributed by atoms with Gasteiger partial charge in [-0.25, -0.2) is 4.39 Å². The zero-order chi connectivity index (χ0) is 13.8. The molecule has 0 bridgehead atoms. The summed E-state index contributed by atoms with van der Waals surface area (Å²) in [5.41, 5.74) is 7.39. The maximum atomic E-state index is 13.5. The van der Waals surface area contributed by atoms with Crippen LogP contribution in [0.1, 0.15) is 11.1 Å². The van der Waals surface area contributed by atoms with Crippen LogP contribution in [-0.4, -0.2) is 6.54 Å². The summed E-state index contributed by atoms with van der Waals surface area (Å²) < 4.78 is 20.2. The molecular formula is C15H15BrFNO. The molecule has 2 aromatic carbocycles. The second-order valence-electron chi connectivity index (χ2n) is 4.35. The predicted molar refractivity (Wildman–Crippen MR) is 78.1 cm³/mol. The molecule has 0 atom stereocenters. The Bertz CT molecular complexity index is 586. The van der Waals surface area contributed by atoms with Crippen molar-refractivity contribution >= 4 is 15.9 Å². The molecule has 0 radical (unpaired) electrons. The van der Waals surface area contributed by atoms with E-state index in [9.17, 15) is 4.39 Å². The third-order valence-electron chi connectivity index (χ3n) is 2.73. The Balaban J connectivity index is 2.24. The standard InChI is InChI=1S/C15H15BrFNO/c1-10-6-13(2-3-15(10)16)19-14-8-11(4-5-18)7-12(17)9-14/h2-3,6-9H,4-5,18H2,1H3. The van der Waals surface area contributed by atoms with Crippen molar-refractivity contribution in [3.05, 3.63) is 57.8 Å². The molecule has 19 heavy (non-hydrogen) atoms. The summed E-state index contributed by atoms with van der Waals surface area (Å²) >= 11 is 3.43. The van der Waals surface area contributed by atoms with E-state index in [0.29, 0.717) is 24.5 Å². The number of benzene rings is 2. The average Bonchev–Trinajstić information content (AvgIpc) is 2.33. The Morgan fingerprint density at radius 1 is 1.16 bits per heavy atom. The second-order valence-corrected chi connectivity index (χ2v) is 5.20. The van der Waals surface area contributed by atoms with E-state index < -0.39 is 0 Å². The summed E-state index contributed by atoms with van der Waals surface area (Å²) in [7, 11) is 0. The topological polar surface area (TPSA) is 35.2 Å². The number of hydrogen-bond donors (Lipinski definition) is 1. The molecule has 100 valence electrons. The third kappa shape index (κ3) is 3.78. The van der Waals surface area contributed by atoms with E-state index in [2.05, 4.69) is 15.9 Å². The summed E-state index contributed by atoms with van der Waals surface area (Å²) in [6, 6.07) is 10.3. The Morgan fingerprint density at radius 2 is 1.95 bits per heavy atom. The molecule has 0 aliphatic carbocycles. The first-order chi connectivity index (χ1) is 9.08. The van der Waals surface area contributed by atoms with Crippen LogP contribution in [0.4, 0.5) is 4.39 Å². The monoisotopic (exact) mass is 323 g/mol. The summed E-state index contributed by atoms with van der Waals surface area (Å²) in [6.45, 7) is 2.46. The van der Waals surface area contributed by atoms with Crippen LogP contribution in [0.2, 0.25) is 0 Å². The van der Waals surface area contributed by atoms with Crippen LogP contribution in [0, 0.1) is 12.7 Å². The molecule has 0 fully saturated rings. The highest BCUT2D eigenvalue weighted by atomic mass is 79.9. The number of nitrogens with two attached hydrogens (primary N) is 1. The quantitative estimate of drug-likeness (QED) is 0.915. The lowest BCUT2D eigenvalue weighted by molar-refractivity contribution is 0.475. The van der Waals surface area contributed by atoms with Crippen molar-refractivity contribution in [1.29, 1.82) is 0 Å². The van der Waals surface area contributed by atoms with Gasteiger partial charge >= 0.3 is 0 Å². The minimum absolute atomic E-state index is 0.310. The number of halogens is 2. The first-order valence-electron chi connectivity index (χ1n) is 6.02. The Kier molecular flexibility index (Phi) is 4.56. The number of aryl methyl sites for hydroxylation is 1. The van der Waals surface area contributed by atoms with E-state index in [1.54, 1.807) is 0 Å². The number of rotatable bonds is 4. The summed E-state index contributed by atoms with van der Waals surface area (Å²) in [6.07, 6.45) is 0.632. The maximum absolute atomic E-state index is 13.5. The lowest BCUT2D eigenvalue weighted by Crippen LogP contribution is -2.03. The second kappa shape index (κ2) is 6.17. The highest BCUT2D eigenvalue weighted by Crippen LogP contribution is 2.27. The molecule has 0 unspecified atom stereocenters. The SMILES string of the molecule is Cc1cc(Oc2cc(F)cc(CCN)c2)ccc1Br. The van der Waals surface area contributed by atoms with Gasteiger partial charge < -0.3 is 10.5 Å². The zero-order valence-electron chi connectivity index (χ0n) is 10.6. The maximum Gasteiger partial charge on any atom is 0.130 e. The van der Waals surface area contributed by atoms with Crippen molar-refractivity contribution in [1.82, 2.24) is 0 Å². The molecule has 0 heterocycles. The fourth-order valence-electron chi connectivity index (χ4n) is 1.81. The van der Waals surface area contributed by atoms with Gasteiger partial charge in [-0.2, -0.15) is 0 Å². The molecule has 0 aromatic heterocycles. The molecule has 0 saturated carbocycles. The molecule has 0 aliphatic heterocycles. The van der Waals surface area contributed by atoms with Gasteiger partial charge in [-0.1, -0.05) is 15.9 Å². The van der Waals surface area contributed by atoms with Gasteiger partial charge in [-0.3, -0.25) is 0 Å². The Morgan fingerprint density at radius 3 is 2.63 bits per heavy atom. The molecule has 0 amide bonds. The fraction of sp³-hybridized carbons (Fsp3) is 0.200. The highest BCUT2D eigenvalue weighted by Gasteiger charge is 2.04. The van der Waals surface area contributed by atoms with Crippen LogP contribution < -0.4 is 10.5 Å². The lowest BCUT2D eigenvalue weighted by Gasteiger charge is -2.09. The van der Waals surface area contributed by atoms with Gasteiger partial charge in [-0.05, 0) is 61.3 Å². The van der Waals surface area contributed by atoms with Crippen molar-refractivity contribution in [3.8, 4) is 11.5 Å². The predicted octanol–water partition coefficient (Wildman–Crippen LogP) is 4.19. The highest BCUT2D eigenvalue weighted by molar-refractivity contribution is 9.10. The van der Waals surface area contributed by atoms with E-state index in [0.717, 1.165) is 15.6 Å². The van der Waals surface area contributed by atoms with Crippen LogP contribution in [-0.2, 0) is 6.42 Å². The van der Waals surface area contributed by atoms with Crippen molar-refractivity contribution in [2.45, 2.75) is 13.3 Å². The van der Waals surface area contributed by atoms with E-state index in [1.807, 2.05) is 31.2 Å². The lowest BCUT2D eigenvalue weighted by atomic mass is 10.1. The molecule has 0 spiro atoms. The molecule has 0 aliphatic rings. The molecule has 2 rings (SSSR count). The molecule has 2 nitrogen and oxygen atoms in total. The first kappa shape index (κ1) is 14.0. The van der Waals surface area contributed by atoms with Crippen LogP contribution in [0.15, 0.2) is 40.9 Å². The van der Waals surface area contributed by atoms with E-state index in [-0.39, 0.29) is 5.82 Å². The summed E-state index contributed by atoms with van der Waals surface area (Å²) in [5.74, 6) is 0.866. The molecule has 2 N–H and O–H groups in total. The van der Waals surface area contributed by atoms with Crippen LogP contribution >= 0.6 is 15.9 Å². The van der Waals surface area contributed by atoms with Crippen LogP contribution in [0.25, 0.3) is 0 Å². The van der Waals surface area contributed by atoms with Gasteiger partial charge in [-0.15, -0.1) is 0 Å². The van der Waals surface area contributed by atoms with Gasteiger partial charge in [0.25, 0.3) is 0 Å². The van der Waals surface area contributed by atoms with E-state index >= 15 is 0 Å². The minimum Gasteiger partial charge on any atom is -0.457 e. The van der Waals surface area contributed by atoms with Crippen LogP contribution in [0.5, 0.6) is 11.5 Å². The van der Waals surface area contributed by atoms with Crippen molar-refractivity contribution in [2.75, 3.05) is 6.54 Å². The smallest absolute Gasteiger partial charge is 0.130 e. The zero-order valence-corrected chi connectivity index (χ0v) is 12.2. The average molecular weight is 324 g/mol. The molecule has 4 heteroatoms. The van der Waals surface area contributed by atoms with E-state index in [4.69, 9.17) is 10.5 Å². The largest absolute Gasteiger partial charge is 0.457 e. The molecule has 2 aromatic rings. The minimum atomic E-state index is -0.310. The number of hydrogen-bond acceptors (Lipinski definition) is 2. The van der Waals surface area contributed by atoms with Gasteiger partial charge in [0.15, 0.2) is 0 Å². The molecular weight excluding hydrogens is 309 g/mol.